The van der Waals surface area contributed by atoms with Gasteiger partial charge in [-0.1, -0.05) is 48.0 Å². The van der Waals surface area contributed by atoms with E-state index in [2.05, 4.69) is 4.98 Å². The average Bonchev–Trinajstić information content (AvgIpc) is 2.99. The minimum atomic E-state index is -1.02. The normalized spacial score (nSPS) is 12.3. The molecule has 1 aromatic carbocycles. The second-order valence-electron chi connectivity index (χ2n) is 6.01. The van der Waals surface area contributed by atoms with Gasteiger partial charge in [0.25, 0.3) is 5.91 Å². The fourth-order valence-electron chi connectivity index (χ4n) is 2.56. The molecule has 6 nitrogen and oxygen atoms in total. The Bertz CT molecular complexity index is 996. The van der Waals surface area contributed by atoms with E-state index in [1.165, 1.54) is 17.1 Å². The van der Waals surface area contributed by atoms with Crippen molar-refractivity contribution in [3.8, 4) is 0 Å². The Morgan fingerprint density at radius 3 is 2.56 bits per heavy atom. The third-order valence-corrected chi connectivity index (χ3v) is 4.18. The maximum absolute atomic E-state index is 12.4. The number of hydrogen-bond acceptors (Lipinski definition) is 4. The van der Waals surface area contributed by atoms with E-state index in [1.54, 1.807) is 49.0 Å². The molecule has 0 radical (unpaired) electrons. The van der Waals surface area contributed by atoms with E-state index in [9.17, 15) is 9.59 Å². The second kappa shape index (κ2) is 8.05. The molecule has 3 aromatic rings. The number of imidazole rings is 1. The van der Waals surface area contributed by atoms with Crippen LogP contribution in [0.1, 0.15) is 17.4 Å². The van der Waals surface area contributed by atoms with Crippen LogP contribution in [0, 0.1) is 0 Å². The number of rotatable bonds is 5. The van der Waals surface area contributed by atoms with Crippen molar-refractivity contribution in [2.24, 2.45) is 0 Å². The van der Waals surface area contributed by atoms with Crippen molar-refractivity contribution in [1.82, 2.24) is 14.3 Å². The summed E-state index contributed by atoms with van der Waals surface area (Å²) in [6.45, 7) is 0. The maximum atomic E-state index is 12.4. The van der Waals surface area contributed by atoms with Crippen LogP contribution in [-0.2, 0) is 14.3 Å². The number of nitrogens with zero attached hydrogens (tertiary/aromatic N) is 3. The predicted molar refractivity (Wildman–Crippen MR) is 103 cm³/mol. The van der Waals surface area contributed by atoms with Crippen molar-refractivity contribution < 1.29 is 14.3 Å². The fourth-order valence-corrected chi connectivity index (χ4v) is 2.80. The summed E-state index contributed by atoms with van der Waals surface area (Å²) in [5.74, 6) is -0.975. The van der Waals surface area contributed by atoms with E-state index >= 15 is 0 Å². The molecule has 138 valence electrons. The largest absolute Gasteiger partial charge is 0.444 e. The van der Waals surface area contributed by atoms with Gasteiger partial charge in [0.1, 0.15) is 5.65 Å². The molecule has 0 spiro atoms. The molecule has 0 saturated carbocycles. The first-order valence-corrected chi connectivity index (χ1v) is 8.62. The van der Waals surface area contributed by atoms with Gasteiger partial charge in [-0.3, -0.25) is 9.20 Å². The van der Waals surface area contributed by atoms with E-state index in [0.717, 1.165) is 0 Å². The molecule has 0 aliphatic rings. The molecule has 1 amide bonds. The number of fused-ring (bicyclic) bond motifs is 1. The predicted octanol–water partition coefficient (Wildman–Crippen LogP) is 3.37. The van der Waals surface area contributed by atoms with Crippen molar-refractivity contribution in [3.05, 3.63) is 77.2 Å². The molecular formula is C20H18ClN3O3. The summed E-state index contributed by atoms with van der Waals surface area (Å²) in [6, 6.07) is 14.4. The van der Waals surface area contributed by atoms with Crippen LogP contribution >= 0.6 is 11.6 Å². The van der Waals surface area contributed by atoms with Gasteiger partial charge in [-0.15, -0.1) is 0 Å². The minimum Gasteiger partial charge on any atom is -0.444 e. The zero-order chi connectivity index (χ0) is 19.4. The zero-order valence-corrected chi connectivity index (χ0v) is 15.6. The fraction of sp³-hybridized carbons (Fsp3) is 0.150. The van der Waals surface area contributed by atoms with Gasteiger partial charge in [-0.2, -0.15) is 0 Å². The van der Waals surface area contributed by atoms with Gasteiger partial charge in [0.05, 0.1) is 5.69 Å². The molecule has 0 bridgehead atoms. The standard InChI is InChI=1S/C20H18ClN3O3/c1-23(2)20(26)18(14-8-4-3-5-9-14)27-17(25)12-11-15-19(21)22-16-10-6-7-13-24(15)16/h3-13,18H,1-2H3/b12-11+/t18-/m0/s1. The van der Waals surface area contributed by atoms with Gasteiger partial charge in [0, 0.05) is 31.9 Å². The zero-order valence-electron chi connectivity index (χ0n) is 14.9. The van der Waals surface area contributed by atoms with Crippen LogP contribution in [-0.4, -0.2) is 40.3 Å². The van der Waals surface area contributed by atoms with E-state index in [0.29, 0.717) is 16.9 Å². The molecule has 2 heterocycles. The molecule has 0 saturated heterocycles. The summed E-state index contributed by atoms with van der Waals surface area (Å²) in [5.41, 5.74) is 1.82. The maximum Gasteiger partial charge on any atom is 0.331 e. The summed E-state index contributed by atoms with van der Waals surface area (Å²) in [4.78, 5) is 30.4. The quantitative estimate of drug-likeness (QED) is 0.500. The lowest BCUT2D eigenvalue weighted by Gasteiger charge is -2.20. The van der Waals surface area contributed by atoms with E-state index in [-0.39, 0.29) is 11.1 Å². The number of pyridine rings is 1. The molecule has 7 heteroatoms. The summed E-state index contributed by atoms with van der Waals surface area (Å²) in [6.07, 6.45) is 3.53. The third-order valence-electron chi connectivity index (χ3n) is 3.90. The molecule has 0 N–H and O–H groups in total. The third kappa shape index (κ3) is 4.17. The second-order valence-corrected chi connectivity index (χ2v) is 6.37. The van der Waals surface area contributed by atoms with Crippen molar-refractivity contribution in [3.63, 3.8) is 0 Å². The van der Waals surface area contributed by atoms with Crippen molar-refractivity contribution in [1.29, 1.82) is 0 Å². The number of halogens is 1. The lowest BCUT2D eigenvalue weighted by molar-refractivity contribution is -0.155. The smallest absolute Gasteiger partial charge is 0.331 e. The SMILES string of the molecule is CN(C)C(=O)[C@@H](OC(=O)/C=C/c1c(Cl)nc2ccccn12)c1ccccc1. The van der Waals surface area contributed by atoms with Crippen LogP contribution in [0.15, 0.2) is 60.8 Å². The summed E-state index contributed by atoms with van der Waals surface area (Å²) in [5, 5.41) is 0.272. The Morgan fingerprint density at radius 2 is 1.85 bits per heavy atom. The topological polar surface area (TPSA) is 63.9 Å². The number of hydrogen-bond donors (Lipinski definition) is 0. The highest BCUT2D eigenvalue weighted by atomic mass is 35.5. The lowest BCUT2D eigenvalue weighted by atomic mass is 10.1. The molecule has 27 heavy (non-hydrogen) atoms. The highest BCUT2D eigenvalue weighted by Gasteiger charge is 2.25. The van der Waals surface area contributed by atoms with Crippen LogP contribution < -0.4 is 0 Å². The number of carbonyl (C=O) groups excluding carboxylic acids is 2. The van der Waals surface area contributed by atoms with E-state index in [4.69, 9.17) is 16.3 Å². The summed E-state index contributed by atoms with van der Waals surface area (Å²) >= 11 is 6.15. The lowest BCUT2D eigenvalue weighted by Crippen LogP contribution is -2.30. The number of amides is 1. The number of benzene rings is 1. The first-order valence-electron chi connectivity index (χ1n) is 8.25. The van der Waals surface area contributed by atoms with Gasteiger partial charge in [0.2, 0.25) is 6.10 Å². The highest BCUT2D eigenvalue weighted by Crippen LogP contribution is 2.21. The Kier molecular flexibility index (Phi) is 5.57. The molecule has 3 rings (SSSR count). The first kappa shape index (κ1) is 18.7. The minimum absolute atomic E-state index is 0.272. The number of carbonyl (C=O) groups is 2. The monoisotopic (exact) mass is 383 g/mol. The van der Waals surface area contributed by atoms with Crippen molar-refractivity contribution >= 4 is 35.2 Å². The van der Waals surface area contributed by atoms with Crippen LogP contribution in [0.25, 0.3) is 11.7 Å². The number of ether oxygens (including phenoxy) is 1. The number of likely N-dealkylation sites (N-methyl/N-ethyl adjacent to an activating group) is 1. The van der Waals surface area contributed by atoms with Gasteiger partial charge in [-0.25, -0.2) is 9.78 Å². The van der Waals surface area contributed by atoms with Gasteiger partial charge in [0.15, 0.2) is 5.15 Å². The van der Waals surface area contributed by atoms with Gasteiger partial charge < -0.3 is 9.64 Å². The molecule has 1 atom stereocenters. The molecule has 0 fully saturated rings. The molecule has 0 aliphatic heterocycles. The van der Waals surface area contributed by atoms with Gasteiger partial charge in [-0.05, 0) is 18.2 Å². The van der Waals surface area contributed by atoms with Crippen molar-refractivity contribution in [2.75, 3.05) is 14.1 Å². The molecule has 0 aliphatic carbocycles. The number of aromatic nitrogens is 2. The average molecular weight is 384 g/mol. The molecule has 0 unspecified atom stereocenters. The van der Waals surface area contributed by atoms with Crippen LogP contribution in [0.2, 0.25) is 5.15 Å². The first-order chi connectivity index (χ1) is 13.0. The summed E-state index contributed by atoms with van der Waals surface area (Å²) in [7, 11) is 3.22. The molecule has 2 aromatic heterocycles. The Hall–Kier alpha value is -3.12. The highest BCUT2D eigenvalue weighted by molar-refractivity contribution is 6.31. The van der Waals surface area contributed by atoms with Crippen LogP contribution in [0.5, 0.6) is 0 Å². The Labute approximate surface area is 161 Å². The van der Waals surface area contributed by atoms with E-state index in [1.807, 2.05) is 24.3 Å². The Balaban J connectivity index is 1.82. The van der Waals surface area contributed by atoms with Crippen LogP contribution in [0.3, 0.4) is 0 Å². The molecular weight excluding hydrogens is 366 g/mol. The Morgan fingerprint density at radius 1 is 1.15 bits per heavy atom. The van der Waals surface area contributed by atoms with Crippen LogP contribution in [0.4, 0.5) is 0 Å². The number of esters is 1. The van der Waals surface area contributed by atoms with Gasteiger partial charge >= 0.3 is 5.97 Å². The van der Waals surface area contributed by atoms with Crippen molar-refractivity contribution in [2.45, 2.75) is 6.10 Å². The van der Waals surface area contributed by atoms with E-state index < -0.39 is 12.1 Å². The summed E-state index contributed by atoms with van der Waals surface area (Å²) < 4.78 is 7.18.